The molecule has 0 rings (SSSR count). The summed E-state index contributed by atoms with van der Waals surface area (Å²) in [5.41, 5.74) is 5.62. The Morgan fingerprint density at radius 1 is 0.778 bits per heavy atom. The highest BCUT2D eigenvalue weighted by atomic mass is 32.2. The first-order valence-electron chi connectivity index (χ1n) is 11.4. The third-order valence-corrected chi connectivity index (χ3v) is 8.09. The van der Waals surface area contributed by atoms with Crippen LogP contribution in [0.4, 0.5) is 0 Å². The summed E-state index contributed by atoms with van der Waals surface area (Å²) in [7, 11) is -3.57. The van der Waals surface area contributed by atoms with Gasteiger partial charge in [0, 0.05) is 0 Å². The topological polar surface area (TPSA) is 69.4 Å². The van der Waals surface area contributed by atoms with Crippen molar-refractivity contribution in [2.75, 3.05) is 13.2 Å². The molecule has 0 radical (unpaired) electrons. The molecule has 0 spiro atoms. The smallest absolute Gasteiger partial charge is 0.272 e. The van der Waals surface area contributed by atoms with Crippen molar-refractivity contribution in [1.29, 1.82) is 0 Å². The van der Waals surface area contributed by atoms with Gasteiger partial charge in [0.2, 0.25) is 0 Å². The van der Waals surface area contributed by atoms with Gasteiger partial charge in [-0.1, -0.05) is 97.3 Å². The summed E-state index contributed by atoms with van der Waals surface area (Å²) >= 11 is 0. The van der Waals surface area contributed by atoms with Crippen LogP contribution in [0.25, 0.3) is 0 Å². The van der Waals surface area contributed by atoms with Crippen molar-refractivity contribution in [3.8, 4) is 0 Å². The molecule has 5 heteroatoms. The van der Waals surface area contributed by atoms with Crippen LogP contribution in [-0.4, -0.2) is 26.3 Å². The van der Waals surface area contributed by atoms with E-state index >= 15 is 0 Å². The molecule has 0 aromatic carbocycles. The van der Waals surface area contributed by atoms with E-state index < -0.39 is 14.9 Å². The fourth-order valence-corrected chi connectivity index (χ4v) is 4.38. The maximum Gasteiger partial charge on any atom is 0.272 e. The molecule has 0 aliphatic heterocycles. The van der Waals surface area contributed by atoms with Gasteiger partial charge in [-0.3, -0.25) is 4.18 Å². The zero-order valence-electron chi connectivity index (χ0n) is 18.6. The fourth-order valence-electron chi connectivity index (χ4n) is 3.15. The molecule has 0 aromatic rings. The Balaban J connectivity index is 3.52. The molecular formula is C22H47NO3S. The first kappa shape index (κ1) is 26.9. The van der Waals surface area contributed by atoms with Gasteiger partial charge in [0.05, 0.1) is 11.4 Å². The molecule has 1 atom stereocenters. The van der Waals surface area contributed by atoms with Gasteiger partial charge in [-0.05, 0) is 32.7 Å². The minimum Gasteiger partial charge on any atom is -0.330 e. The summed E-state index contributed by atoms with van der Waals surface area (Å²) < 4.78 is 28.9. The summed E-state index contributed by atoms with van der Waals surface area (Å²) in [5, 5.41) is 0. The minimum atomic E-state index is -3.57. The Bertz CT molecular complexity index is 435. The second-order valence-corrected chi connectivity index (χ2v) is 10.8. The van der Waals surface area contributed by atoms with Gasteiger partial charge < -0.3 is 5.73 Å². The predicted octanol–water partition coefficient (Wildman–Crippen LogP) is 6.19. The van der Waals surface area contributed by atoms with Crippen LogP contribution in [0.2, 0.25) is 0 Å². The van der Waals surface area contributed by atoms with E-state index in [0.717, 1.165) is 12.8 Å². The van der Waals surface area contributed by atoms with Crippen LogP contribution in [0.5, 0.6) is 0 Å². The Morgan fingerprint density at radius 2 is 1.15 bits per heavy atom. The van der Waals surface area contributed by atoms with E-state index in [1.165, 1.54) is 77.0 Å². The van der Waals surface area contributed by atoms with E-state index in [4.69, 9.17) is 9.92 Å². The van der Waals surface area contributed by atoms with Crippen molar-refractivity contribution in [3.05, 3.63) is 0 Å². The molecule has 0 heterocycles. The zero-order valence-corrected chi connectivity index (χ0v) is 19.4. The van der Waals surface area contributed by atoms with Crippen molar-refractivity contribution in [3.63, 3.8) is 0 Å². The van der Waals surface area contributed by atoms with E-state index in [0.29, 0.717) is 13.2 Å². The monoisotopic (exact) mass is 405 g/mol. The first-order chi connectivity index (χ1) is 12.8. The van der Waals surface area contributed by atoms with Crippen LogP contribution in [0.3, 0.4) is 0 Å². The van der Waals surface area contributed by atoms with Crippen LogP contribution in [0.15, 0.2) is 0 Å². The van der Waals surface area contributed by atoms with Crippen LogP contribution >= 0.6 is 0 Å². The molecule has 0 bridgehead atoms. The highest BCUT2D eigenvalue weighted by Crippen LogP contribution is 2.27. The van der Waals surface area contributed by atoms with Gasteiger partial charge in [-0.15, -0.1) is 0 Å². The Morgan fingerprint density at radius 3 is 1.52 bits per heavy atom. The van der Waals surface area contributed by atoms with Crippen LogP contribution < -0.4 is 5.73 Å². The molecule has 0 amide bonds. The molecule has 0 saturated carbocycles. The van der Waals surface area contributed by atoms with Crippen molar-refractivity contribution in [2.24, 2.45) is 11.7 Å². The number of rotatable bonds is 19. The summed E-state index contributed by atoms with van der Waals surface area (Å²) in [4.78, 5) is 0. The van der Waals surface area contributed by atoms with Crippen molar-refractivity contribution in [1.82, 2.24) is 0 Å². The highest BCUT2D eigenvalue weighted by Gasteiger charge is 2.39. The summed E-state index contributed by atoms with van der Waals surface area (Å²) in [6.07, 6.45) is 18.0. The van der Waals surface area contributed by atoms with Crippen molar-refractivity contribution >= 4 is 10.1 Å². The third kappa shape index (κ3) is 12.1. The van der Waals surface area contributed by atoms with Gasteiger partial charge in [0.1, 0.15) is 0 Å². The number of hydrogen-bond donors (Lipinski definition) is 1. The van der Waals surface area contributed by atoms with Gasteiger partial charge in [-0.25, -0.2) is 0 Å². The maximum absolute atomic E-state index is 12.3. The summed E-state index contributed by atoms with van der Waals surface area (Å²) in [6, 6.07) is 0. The van der Waals surface area contributed by atoms with Crippen molar-refractivity contribution in [2.45, 2.75) is 122 Å². The minimum absolute atomic E-state index is 0.126. The normalized spacial score (nSPS) is 13.8. The number of unbranched alkanes of at least 4 members (excludes halogenated alkanes) is 13. The molecule has 1 unspecified atom stereocenters. The lowest BCUT2D eigenvalue weighted by Gasteiger charge is -2.29. The summed E-state index contributed by atoms with van der Waals surface area (Å²) in [6.45, 7) is 8.15. The third-order valence-electron chi connectivity index (χ3n) is 5.92. The molecule has 0 aliphatic carbocycles. The Hall–Kier alpha value is -0.130. The first-order valence-corrected chi connectivity index (χ1v) is 12.8. The average Bonchev–Trinajstić information content (AvgIpc) is 2.63. The Labute approximate surface area is 170 Å². The molecule has 0 fully saturated rings. The molecule has 0 aliphatic rings. The zero-order chi connectivity index (χ0) is 20.6. The summed E-state index contributed by atoms with van der Waals surface area (Å²) in [5.74, 6) is -0.126. The molecular weight excluding hydrogens is 358 g/mol. The van der Waals surface area contributed by atoms with E-state index in [1.807, 2.05) is 6.92 Å². The van der Waals surface area contributed by atoms with E-state index in [1.54, 1.807) is 13.8 Å². The predicted molar refractivity (Wildman–Crippen MR) is 117 cm³/mol. The lowest BCUT2D eigenvalue weighted by Crippen LogP contribution is -2.43. The average molecular weight is 406 g/mol. The largest absolute Gasteiger partial charge is 0.330 e. The quantitative estimate of drug-likeness (QED) is 0.205. The molecule has 27 heavy (non-hydrogen) atoms. The molecule has 4 nitrogen and oxygen atoms in total. The Kier molecular flexibility index (Phi) is 15.7. The second kappa shape index (κ2) is 15.8. The maximum atomic E-state index is 12.3. The van der Waals surface area contributed by atoms with Crippen molar-refractivity contribution < 1.29 is 12.6 Å². The van der Waals surface area contributed by atoms with Crippen LogP contribution in [-0.2, 0) is 14.3 Å². The van der Waals surface area contributed by atoms with Gasteiger partial charge in [0.25, 0.3) is 10.1 Å². The van der Waals surface area contributed by atoms with E-state index in [2.05, 4.69) is 6.92 Å². The standard InChI is InChI=1S/C22H47NO3S/c1-5-6-7-8-9-10-11-12-13-14-15-16-17-18-19-26-27(24,25)22(3,4)21(2)20-23/h21H,5-20,23H2,1-4H3. The molecule has 2 N–H and O–H groups in total. The second-order valence-electron chi connectivity index (χ2n) is 8.61. The number of nitrogens with two attached hydrogens (primary N) is 1. The lowest BCUT2D eigenvalue weighted by atomic mass is 9.97. The highest BCUT2D eigenvalue weighted by molar-refractivity contribution is 7.88. The van der Waals surface area contributed by atoms with Gasteiger partial charge in [-0.2, -0.15) is 8.42 Å². The fraction of sp³-hybridized carbons (Fsp3) is 1.00. The van der Waals surface area contributed by atoms with Gasteiger partial charge >= 0.3 is 0 Å². The lowest BCUT2D eigenvalue weighted by molar-refractivity contribution is 0.277. The van der Waals surface area contributed by atoms with Gasteiger partial charge in [0.15, 0.2) is 0 Å². The van der Waals surface area contributed by atoms with Crippen LogP contribution in [0.1, 0.15) is 118 Å². The van der Waals surface area contributed by atoms with E-state index in [9.17, 15) is 8.42 Å². The molecule has 0 saturated heterocycles. The molecule has 164 valence electrons. The number of hydrogen-bond acceptors (Lipinski definition) is 4. The SMILES string of the molecule is CCCCCCCCCCCCCCCCOS(=O)(=O)C(C)(C)C(C)CN. The van der Waals surface area contributed by atoms with Crippen LogP contribution in [0, 0.1) is 5.92 Å². The van der Waals surface area contributed by atoms with E-state index in [-0.39, 0.29) is 5.92 Å². The molecule has 0 aromatic heterocycles.